The summed E-state index contributed by atoms with van der Waals surface area (Å²) in [4.78, 5) is 34.5. The number of nitrogens with one attached hydrogen (secondary N) is 1. The van der Waals surface area contributed by atoms with E-state index in [1.54, 1.807) is 0 Å². The zero-order valence-corrected chi connectivity index (χ0v) is 15.9. The van der Waals surface area contributed by atoms with E-state index in [4.69, 9.17) is 10.2 Å². The largest absolute Gasteiger partial charge is 0.419 e. The third-order valence-corrected chi connectivity index (χ3v) is 4.40. The van der Waals surface area contributed by atoms with Gasteiger partial charge in [-0.2, -0.15) is 0 Å². The average Bonchev–Trinajstić information content (AvgIpc) is 2.88. The lowest BCUT2D eigenvalue weighted by molar-refractivity contribution is -0.384. The third kappa shape index (κ3) is 5.16. The van der Waals surface area contributed by atoms with E-state index in [9.17, 15) is 19.7 Å². The molecule has 0 aliphatic carbocycles. The SMILES string of the molecule is CC(C)CC(C)(CN)NC(=O)CCCn1c(=O)oc2cc([N+](=O)[O-])ccc21. The predicted octanol–water partition coefficient (Wildman–Crippen LogP) is 2.16. The van der Waals surface area contributed by atoms with Gasteiger partial charge in [0.15, 0.2) is 5.58 Å². The molecule has 0 aliphatic heterocycles. The number of fused-ring (bicyclic) bond motifs is 1. The number of oxazole rings is 1. The van der Waals surface area contributed by atoms with Gasteiger partial charge in [0, 0.05) is 31.1 Å². The minimum absolute atomic E-state index is 0.125. The zero-order valence-electron chi connectivity index (χ0n) is 15.9. The summed E-state index contributed by atoms with van der Waals surface area (Å²) in [7, 11) is 0. The van der Waals surface area contributed by atoms with E-state index in [1.165, 1.54) is 22.8 Å². The first-order chi connectivity index (χ1) is 12.6. The number of nitro benzene ring substituents is 1. The summed E-state index contributed by atoms with van der Waals surface area (Å²) in [6.45, 7) is 6.69. The van der Waals surface area contributed by atoms with Gasteiger partial charge in [-0.3, -0.25) is 19.5 Å². The molecule has 0 radical (unpaired) electrons. The molecular formula is C18H26N4O5. The van der Waals surface area contributed by atoms with Gasteiger partial charge < -0.3 is 15.5 Å². The van der Waals surface area contributed by atoms with Crippen LogP contribution in [0.3, 0.4) is 0 Å². The molecule has 0 fully saturated rings. The van der Waals surface area contributed by atoms with E-state index in [-0.39, 0.29) is 30.1 Å². The molecule has 1 heterocycles. The van der Waals surface area contributed by atoms with Gasteiger partial charge in [-0.25, -0.2) is 4.79 Å². The van der Waals surface area contributed by atoms with Gasteiger partial charge >= 0.3 is 5.76 Å². The number of carbonyl (C=O) groups is 1. The standard InChI is InChI=1S/C18H26N4O5/c1-12(2)10-18(3,11-19)20-16(23)5-4-8-21-14-7-6-13(22(25)26)9-15(14)27-17(21)24/h6-7,9,12H,4-5,8,10-11,19H2,1-3H3,(H,20,23). The lowest BCUT2D eigenvalue weighted by atomic mass is 9.90. The topological polar surface area (TPSA) is 133 Å². The Kier molecular flexibility index (Phi) is 6.37. The maximum atomic E-state index is 12.2. The number of nitro groups is 1. The van der Waals surface area contributed by atoms with Crippen LogP contribution in [-0.4, -0.2) is 27.5 Å². The molecule has 148 valence electrons. The molecule has 1 unspecified atom stereocenters. The van der Waals surface area contributed by atoms with Gasteiger partial charge in [0.05, 0.1) is 16.5 Å². The van der Waals surface area contributed by atoms with Crippen LogP contribution in [0.5, 0.6) is 0 Å². The second-order valence-corrected chi connectivity index (χ2v) is 7.44. The van der Waals surface area contributed by atoms with Crippen LogP contribution in [0.4, 0.5) is 5.69 Å². The van der Waals surface area contributed by atoms with E-state index in [2.05, 4.69) is 19.2 Å². The summed E-state index contributed by atoms with van der Waals surface area (Å²) < 4.78 is 6.45. The number of nitrogens with zero attached hydrogens (tertiary/aromatic N) is 2. The number of non-ortho nitro benzene ring substituents is 1. The molecule has 1 amide bonds. The van der Waals surface area contributed by atoms with Crippen LogP contribution >= 0.6 is 0 Å². The van der Waals surface area contributed by atoms with Crippen molar-refractivity contribution < 1.29 is 14.1 Å². The molecule has 27 heavy (non-hydrogen) atoms. The van der Waals surface area contributed by atoms with E-state index in [0.29, 0.717) is 24.4 Å². The molecule has 9 nitrogen and oxygen atoms in total. The quantitative estimate of drug-likeness (QED) is 0.507. The highest BCUT2D eigenvalue weighted by atomic mass is 16.6. The summed E-state index contributed by atoms with van der Waals surface area (Å²) in [5.41, 5.74) is 5.83. The van der Waals surface area contributed by atoms with Crippen molar-refractivity contribution in [1.29, 1.82) is 0 Å². The molecule has 2 aromatic rings. The Morgan fingerprint density at radius 3 is 2.74 bits per heavy atom. The molecule has 1 aromatic heterocycles. The van der Waals surface area contributed by atoms with E-state index >= 15 is 0 Å². The molecule has 0 aliphatic rings. The minimum atomic E-state index is -0.600. The van der Waals surface area contributed by atoms with Crippen molar-refractivity contribution in [3.63, 3.8) is 0 Å². The maximum absolute atomic E-state index is 12.2. The molecule has 0 saturated heterocycles. The lowest BCUT2D eigenvalue weighted by Gasteiger charge is -2.31. The number of amides is 1. The maximum Gasteiger partial charge on any atom is 0.419 e. The fraction of sp³-hybridized carbons (Fsp3) is 0.556. The molecule has 0 saturated carbocycles. The van der Waals surface area contributed by atoms with Crippen LogP contribution in [0.1, 0.15) is 40.0 Å². The lowest BCUT2D eigenvalue weighted by Crippen LogP contribution is -2.52. The summed E-state index contributed by atoms with van der Waals surface area (Å²) >= 11 is 0. The second kappa shape index (κ2) is 8.34. The van der Waals surface area contributed by atoms with Gasteiger partial charge in [0.25, 0.3) is 5.69 Å². The number of nitrogens with two attached hydrogens (primary N) is 1. The van der Waals surface area contributed by atoms with Crippen molar-refractivity contribution >= 4 is 22.7 Å². The number of hydrogen-bond donors (Lipinski definition) is 2. The molecule has 3 N–H and O–H groups in total. The molecule has 1 aromatic carbocycles. The van der Waals surface area contributed by atoms with Gasteiger partial charge in [-0.15, -0.1) is 0 Å². The number of carbonyl (C=O) groups excluding carboxylic acids is 1. The van der Waals surface area contributed by atoms with Crippen LogP contribution in [0.2, 0.25) is 0 Å². The zero-order chi connectivity index (χ0) is 20.2. The van der Waals surface area contributed by atoms with Crippen molar-refractivity contribution in [2.75, 3.05) is 6.54 Å². The van der Waals surface area contributed by atoms with Crippen LogP contribution in [0.25, 0.3) is 11.1 Å². The molecule has 1 atom stereocenters. The van der Waals surface area contributed by atoms with Crippen molar-refractivity contribution in [1.82, 2.24) is 9.88 Å². The number of aromatic nitrogens is 1. The number of aryl methyl sites for hydroxylation is 1. The van der Waals surface area contributed by atoms with Crippen molar-refractivity contribution in [2.24, 2.45) is 11.7 Å². The highest BCUT2D eigenvalue weighted by Gasteiger charge is 2.25. The monoisotopic (exact) mass is 378 g/mol. The summed E-state index contributed by atoms with van der Waals surface area (Å²) in [6, 6.07) is 4.02. The molecule has 0 bridgehead atoms. The van der Waals surface area contributed by atoms with E-state index in [1.807, 2.05) is 6.92 Å². The van der Waals surface area contributed by atoms with Crippen molar-refractivity contribution in [3.8, 4) is 0 Å². The summed E-state index contributed by atoms with van der Waals surface area (Å²) in [6.07, 6.45) is 1.44. The van der Waals surface area contributed by atoms with Crippen LogP contribution in [0.15, 0.2) is 27.4 Å². The Hall–Kier alpha value is -2.68. The first-order valence-electron chi connectivity index (χ1n) is 8.94. The molecule has 2 rings (SSSR count). The Bertz CT molecular complexity index is 885. The molecule has 9 heteroatoms. The summed E-state index contributed by atoms with van der Waals surface area (Å²) in [5.74, 6) is -0.323. The Morgan fingerprint density at radius 2 is 2.15 bits per heavy atom. The van der Waals surface area contributed by atoms with Crippen LogP contribution in [-0.2, 0) is 11.3 Å². The fourth-order valence-corrected chi connectivity index (χ4v) is 3.26. The first kappa shape index (κ1) is 20.6. The molecular weight excluding hydrogens is 352 g/mol. The Morgan fingerprint density at radius 1 is 1.44 bits per heavy atom. The van der Waals surface area contributed by atoms with Crippen molar-refractivity contribution in [2.45, 2.75) is 52.1 Å². The van der Waals surface area contributed by atoms with E-state index < -0.39 is 16.2 Å². The fourth-order valence-electron chi connectivity index (χ4n) is 3.26. The highest BCUT2D eigenvalue weighted by molar-refractivity contribution is 5.77. The average molecular weight is 378 g/mol. The van der Waals surface area contributed by atoms with Crippen molar-refractivity contribution in [3.05, 3.63) is 38.9 Å². The molecule has 0 spiro atoms. The number of hydrogen-bond acceptors (Lipinski definition) is 6. The Balaban J connectivity index is 2.01. The van der Waals surface area contributed by atoms with Gasteiger partial charge in [0.2, 0.25) is 5.91 Å². The Labute approximate surface area is 156 Å². The normalized spacial score (nSPS) is 13.7. The predicted molar refractivity (Wildman–Crippen MR) is 101 cm³/mol. The smallest absolute Gasteiger partial charge is 0.407 e. The van der Waals surface area contributed by atoms with Gasteiger partial charge in [0.1, 0.15) is 0 Å². The third-order valence-electron chi connectivity index (χ3n) is 4.40. The minimum Gasteiger partial charge on any atom is -0.407 e. The number of benzene rings is 1. The van der Waals surface area contributed by atoms with Gasteiger partial charge in [-0.1, -0.05) is 13.8 Å². The van der Waals surface area contributed by atoms with Crippen LogP contribution < -0.4 is 16.8 Å². The highest BCUT2D eigenvalue weighted by Crippen LogP contribution is 2.20. The van der Waals surface area contributed by atoms with Gasteiger partial charge in [-0.05, 0) is 31.7 Å². The van der Waals surface area contributed by atoms with E-state index in [0.717, 1.165) is 6.42 Å². The van der Waals surface area contributed by atoms with Crippen LogP contribution in [0, 0.1) is 16.0 Å². The number of rotatable bonds is 9. The summed E-state index contributed by atoms with van der Waals surface area (Å²) in [5, 5.41) is 13.8. The second-order valence-electron chi connectivity index (χ2n) is 7.44. The first-order valence-corrected chi connectivity index (χ1v) is 8.94.